The molecule has 1 aromatic rings. The van der Waals surface area contributed by atoms with Gasteiger partial charge in [-0.1, -0.05) is 18.2 Å². The van der Waals surface area contributed by atoms with Gasteiger partial charge in [0.05, 0.1) is 0 Å². The van der Waals surface area contributed by atoms with Gasteiger partial charge in [-0.3, -0.25) is 0 Å². The number of hydrogen-bond acceptors (Lipinski definition) is 2. The number of carboxylic acid groups (broad SMARTS) is 1. The molecule has 0 saturated carbocycles. The van der Waals surface area contributed by atoms with Crippen molar-refractivity contribution in [1.82, 2.24) is 5.32 Å². The Kier molecular flexibility index (Phi) is 5.60. The maximum Gasteiger partial charge on any atom is 0.328 e. The second-order valence-corrected chi connectivity index (χ2v) is 3.83. The quantitative estimate of drug-likeness (QED) is 0.431. The van der Waals surface area contributed by atoms with Gasteiger partial charge in [-0.25, -0.2) is 4.79 Å². The van der Waals surface area contributed by atoms with Crippen molar-refractivity contribution < 1.29 is 9.90 Å². The maximum absolute atomic E-state index is 10.4. The Morgan fingerprint density at radius 3 is 2.94 bits per heavy atom. The third kappa shape index (κ3) is 5.27. The normalized spacial score (nSPS) is 10.0. The molecule has 18 heavy (non-hydrogen) atoms. The molecule has 3 N–H and O–H groups in total. The van der Waals surface area contributed by atoms with Crippen LogP contribution in [0.5, 0.6) is 0 Å². The molecule has 0 aliphatic rings. The van der Waals surface area contributed by atoms with Crippen molar-refractivity contribution in [2.45, 2.75) is 0 Å². The van der Waals surface area contributed by atoms with E-state index in [1.807, 2.05) is 18.2 Å². The largest absolute Gasteiger partial charge is 0.478 e. The van der Waals surface area contributed by atoms with Crippen molar-refractivity contribution in [2.24, 2.45) is 0 Å². The highest BCUT2D eigenvalue weighted by molar-refractivity contribution is 7.80. The van der Waals surface area contributed by atoms with Crippen molar-refractivity contribution >= 4 is 35.1 Å². The number of thiocarbonyl (C=S) groups is 1. The molecule has 0 bridgehead atoms. The highest BCUT2D eigenvalue weighted by Crippen LogP contribution is 2.11. The second kappa shape index (κ2) is 7.24. The van der Waals surface area contributed by atoms with E-state index in [4.69, 9.17) is 17.3 Å². The van der Waals surface area contributed by atoms with Gasteiger partial charge in [-0.05, 0) is 36.0 Å². The summed E-state index contributed by atoms with van der Waals surface area (Å²) in [5.41, 5.74) is 1.58. The van der Waals surface area contributed by atoms with Crippen LogP contribution in [0.15, 0.2) is 43.0 Å². The second-order valence-electron chi connectivity index (χ2n) is 3.42. The molecule has 0 amide bonds. The molecule has 1 rings (SSSR count). The average Bonchev–Trinajstić information content (AvgIpc) is 2.34. The number of carbonyl (C=O) groups is 1. The van der Waals surface area contributed by atoms with E-state index in [-0.39, 0.29) is 0 Å². The molecule has 0 aromatic heterocycles. The van der Waals surface area contributed by atoms with Gasteiger partial charge in [0.2, 0.25) is 0 Å². The third-order valence-corrected chi connectivity index (χ3v) is 2.22. The first kappa shape index (κ1) is 13.9. The zero-order chi connectivity index (χ0) is 13.4. The Balaban J connectivity index is 2.67. The molecular formula is C13H14N2O2S. The molecule has 0 unspecified atom stereocenters. The first-order chi connectivity index (χ1) is 8.61. The van der Waals surface area contributed by atoms with E-state index in [9.17, 15) is 4.79 Å². The predicted octanol–water partition coefficient (Wildman–Crippen LogP) is 2.26. The number of nitrogens with one attached hydrogen (secondary N) is 2. The summed E-state index contributed by atoms with van der Waals surface area (Å²) in [5, 5.41) is 15.0. The van der Waals surface area contributed by atoms with Crippen molar-refractivity contribution in [1.29, 1.82) is 0 Å². The number of hydrogen-bond donors (Lipinski definition) is 3. The standard InChI is InChI=1S/C13H14N2O2S/c1-2-8-14-13(18)15-11-5-3-4-10(9-11)6-7-12(16)17/h2-7,9H,1,8H2,(H,16,17)(H2,14,15,18)/b7-6+. The van der Waals surface area contributed by atoms with E-state index in [1.54, 1.807) is 12.1 Å². The molecule has 0 saturated heterocycles. The summed E-state index contributed by atoms with van der Waals surface area (Å²) in [6.07, 6.45) is 4.32. The van der Waals surface area contributed by atoms with Crippen LogP contribution >= 0.6 is 12.2 Å². The van der Waals surface area contributed by atoms with Gasteiger partial charge in [0, 0.05) is 18.3 Å². The smallest absolute Gasteiger partial charge is 0.328 e. The van der Waals surface area contributed by atoms with Crippen molar-refractivity contribution in [3.8, 4) is 0 Å². The SMILES string of the molecule is C=CCNC(=S)Nc1cccc(/C=C/C(=O)O)c1. The molecule has 0 heterocycles. The lowest BCUT2D eigenvalue weighted by atomic mass is 10.2. The first-order valence-electron chi connectivity index (χ1n) is 5.28. The Morgan fingerprint density at radius 2 is 2.28 bits per heavy atom. The molecule has 1 aromatic carbocycles. The van der Waals surface area contributed by atoms with Crippen molar-refractivity contribution in [2.75, 3.05) is 11.9 Å². The molecule has 94 valence electrons. The number of anilines is 1. The number of aliphatic carboxylic acids is 1. The van der Waals surface area contributed by atoms with E-state index in [1.165, 1.54) is 6.08 Å². The fraction of sp³-hybridized carbons (Fsp3) is 0.0769. The summed E-state index contributed by atoms with van der Waals surface area (Å²) in [6, 6.07) is 7.28. The van der Waals surface area contributed by atoms with E-state index >= 15 is 0 Å². The van der Waals surface area contributed by atoms with E-state index in [2.05, 4.69) is 17.2 Å². The fourth-order valence-electron chi connectivity index (χ4n) is 1.23. The molecule has 0 spiro atoms. The molecule has 4 nitrogen and oxygen atoms in total. The molecule has 0 aliphatic carbocycles. The summed E-state index contributed by atoms with van der Waals surface area (Å²) >= 11 is 5.07. The van der Waals surface area contributed by atoms with Crippen LogP contribution in [0.4, 0.5) is 5.69 Å². The van der Waals surface area contributed by atoms with Gasteiger partial charge in [-0.15, -0.1) is 6.58 Å². The van der Waals surface area contributed by atoms with Crippen LogP contribution in [-0.2, 0) is 4.79 Å². The molecule has 0 atom stereocenters. The lowest BCUT2D eigenvalue weighted by Gasteiger charge is -2.09. The molecular weight excluding hydrogens is 248 g/mol. The van der Waals surface area contributed by atoms with Gasteiger partial charge in [0.1, 0.15) is 0 Å². The molecule has 0 radical (unpaired) electrons. The van der Waals surface area contributed by atoms with E-state index in [0.717, 1.165) is 17.3 Å². The number of rotatable bonds is 5. The summed E-state index contributed by atoms with van der Waals surface area (Å²) in [5.74, 6) is -0.975. The number of carboxylic acids is 1. The Bertz CT molecular complexity index is 484. The van der Waals surface area contributed by atoms with Gasteiger partial charge in [0.15, 0.2) is 5.11 Å². The van der Waals surface area contributed by atoms with Crippen LogP contribution < -0.4 is 10.6 Å². The van der Waals surface area contributed by atoms with Crippen LogP contribution in [-0.4, -0.2) is 22.7 Å². The average molecular weight is 262 g/mol. The van der Waals surface area contributed by atoms with E-state index in [0.29, 0.717) is 11.7 Å². The van der Waals surface area contributed by atoms with Crippen LogP contribution in [0.2, 0.25) is 0 Å². The monoisotopic (exact) mass is 262 g/mol. The maximum atomic E-state index is 10.4. The minimum Gasteiger partial charge on any atom is -0.478 e. The van der Waals surface area contributed by atoms with Crippen LogP contribution in [0, 0.1) is 0 Å². The van der Waals surface area contributed by atoms with Crippen LogP contribution in [0.25, 0.3) is 6.08 Å². The van der Waals surface area contributed by atoms with Crippen molar-refractivity contribution in [3.05, 3.63) is 48.6 Å². The summed E-state index contributed by atoms with van der Waals surface area (Å²) in [4.78, 5) is 10.4. The zero-order valence-corrected chi connectivity index (χ0v) is 10.5. The minimum atomic E-state index is -0.975. The van der Waals surface area contributed by atoms with Crippen LogP contribution in [0.1, 0.15) is 5.56 Å². The van der Waals surface area contributed by atoms with Crippen LogP contribution in [0.3, 0.4) is 0 Å². The Labute approximate surface area is 111 Å². The fourth-order valence-corrected chi connectivity index (χ4v) is 1.43. The molecule has 5 heteroatoms. The Hall–Kier alpha value is -2.14. The third-order valence-electron chi connectivity index (χ3n) is 1.97. The van der Waals surface area contributed by atoms with Gasteiger partial charge in [0.25, 0.3) is 0 Å². The topological polar surface area (TPSA) is 61.4 Å². The zero-order valence-electron chi connectivity index (χ0n) is 9.72. The Morgan fingerprint density at radius 1 is 1.50 bits per heavy atom. The van der Waals surface area contributed by atoms with Gasteiger partial charge in [-0.2, -0.15) is 0 Å². The minimum absolute atomic E-state index is 0.495. The lowest BCUT2D eigenvalue weighted by molar-refractivity contribution is -0.131. The highest BCUT2D eigenvalue weighted by atomic mass is 32.1. The summed E-state index contributed by atoms with van der Waals surface area (Å²) in [6.45, 7) is 4.17. The van der Waals surface area contributed by atoms with Gasteiger partial charge < -0.3 is 15.7 Å². The van der Waals surface area contributed by atoms with Crippen molar-refractivity contribution in [3.63, 3.8) is 0 Å². The molecule has 0 fully saturated rings. The highest BCUT2D eigenvalue weighted by Gasteiger charge is 1.97. The van der Waals surface area contributed by atoms with E-state index < -0.39 is 5.97 Å². The predicted molar refractivity (Wildman–Crippen MR) is 77.5 cm³/mol. The molecule has 0 aliphatic heterocycles. The first-order valence-corrected chi connectivity index (χ1v) is 5.69. The number of benzene rings is 1. The lowest BCUT2D eigenvalue weighted by Crippen LogP contribution is -2.28. The van der Waals surface area contributed by atoms with Gasteiger partial charge >= 0.3 is 5.97 Å². The summed E-state index contributed by atoms with van der Waals surface area (Å²) in [7, 11) is 0. The summed E-state index contributed by atoms with van der Waals surface area (Å²) < 4.78 is 0.